The van der Waals surface area contributed by atoms with E-state index < -0.39 is 22.2 Å². The fraction of sp³-hybridized carbons (Fsp3) is 0.176. The molecule has 3 amide bonds. The van der Waals surface area contributed by atoms with Gasteiger partial charge in [-0.2, -0.15) is 0 Å². The molecule has 0 radical (unpaired) electrons. The van der Waals surface area contributed by atoms with Gasteiger partial charge in [0.15, 0.2) is 0 Å². The molecule has 1 atom stereocenters. The molecule has 144 valence electrons. The topological polar surface area (TPSA) is 140 Å². The van der Waals surface area contributed by atoms with Crippen molar-refractivity contribution in [2.45, 2.75) is 17.9 Å². The van der Waals surface area contributed by atoms with Crippen molar-refractivity contribution in [1.29, 1.82) is 0 Å². The molecule has 0 spiro atoms. The Morgan fingerprint density at radius 1 is 0.963 bits per heavy atom. The summed E-state index contributed by atoms with van der Waals surface area (Å²) in [6, 6.07) is 11.5. The Kier molecular flexibility index (Phi) is 6.50. The number of amides is 3. The van der Waals surface area contributed by atoms with Crippen molar-refractivity contribution in [1.82, 2.24) is 0 Å². The molecule has 2 aromatic rings. The Labute approximate surface area is 157 Å². The first-order valence-corrected chi connectivity index (χ1v) is 9.38. The normalized spacial score (nSPS) is 12.1. The van der Waals surface area contributed by atoms with Crippen LogP contribution in [0.5, 0.6) is 0 Å². The van der Waals surface area contributed by atoms with Crippen LogP contribution in [0.1, 0.15) is 6.92 Å². The van der Waals surface area contributed by atoms with E-state index in [4.69, 9.17) is 9.88 Å². The van der Waals surface area contributed by atoms with Crippen molar-refractivity contribution in [3.05, 3.63) is 48.5 Å². The number of methoxy groups -OCH3 is 1. The Morgan fingerprint density at radius 3 is 2.07 bits per heavy atom. The van der Waals surface area contributed by atoms with Crippen molar-refractivity contribution < 1.29 is 22.7 Å². The van der Waals surface area contributed by atoms with Crippen LogP contribution in [0.25, 0.3) is 0 Å². The number of urea groups is 1. The van der Waals surface area contributed by atoms with Gasteiger partial charge in [-0.15, -0.1) is 0 Å². The van der Waals surface area contributed by atoms with Crippen molar-refractivity contribution in [2.75, 3.05) is 23.1 Å². The number of rotatable bonds is 6. The van der Waals surface area contributed by atoms with E-state index in [1.807, 2.05) is 0 Å². The summed E-state index contributed by atoms with van der Waals surface area (Å²) in [7, 11) is -2.36. The van der Waals surface area contributed by atoms with Crippen LogP contribution in [0.3, 0.4) is 0 Å². The molecule has 9 nitrogen and oxygen atoms in total. The number of benzene rings is 2. The summed E-state index contributed by atoms with van der Waals surface area (Å²) >= 11 is 0. The second-order valence-electron chi connectivity index (χ2n) is 5.60. The lowest BCUT2D eigenvalue weighted by Gasteiger charge is -2.12. The largest absolute Gasteiger partial charge is 0.372 e. The van der Waals surface area contributed by atoms with Crippen molar-refractivity contribution >= 4 is 39.0 Å². The average molecular weight is 392 g/mol. The van der Waals surface area contributed by atoms with Gasteiger partial charge in [0.1, 0.15) is 6.10 Å². The van der Waals surface area contributed by atoms with E-state index in [-0.39, 0.29) is 10.8 Å². The van der Waals surface area contributed by atoms with Crippen LogP contribution in [0.4, 0.5) is 21.9 Å². The van der Waals surface area contributed by atoms with Crippen LogP contribution in [0.2, 0.25) is 0 Å². The monoisotopic (exact) mass is 392 g/mol. The highest BCUT2D eigenvalue weighted by molar-refractivity contribution is 7.89. The second kappa shape index (κ2) is 8.62. The summed E-state index contributed by atoms with van der Waals surface area (Å²) < 4.78 is 27.4. The fourth-order valence-electron chi connectivity index (χ4n) is 2.05. The first kappa shape index (κ1) is 20.4. The van der Waals surface area contributed by atoms with Crippen molar-refractivity contribution in [3.8, 4) is 0 Å². The van der Waals surface area contributed by atoms with Gasteiger partial charge >= 0.3 is 6.03 Å². The first-order chi connectivity index (χ1) is 12.7. The molecule has 27 heavy (non-hydrogen) atoms. The Bertz CT molecular complexity index is 929. The van der Waals surface area contributed by atoms with Gasteiger partial charge in [-0.25, -0.2) is 18.4 Å². The molecule has 0 aliphatic rings. The van der Waals surface area contributed by atoms with E-state index in [9.17, 15) is 18.0 Å². The molecule has 1 unspecified atom stereocenters. The molecule has 2 aromatic carbocycles. The average Bonchev–Trinajstić information content (AvgIpc) is 2.60. The van der Waals surface area contributed by atoms with Crippen LogP contribution in [0.15, 0.2) is 53.4 Å². The number of ether oxygens (including phenoxy) is 1. The number of nitrogens with one attached hydrogen (secondary N) is 3. The van der Waals surface area contributed by atoms with Gasteiger partial charge in [0.05, 0.1) is 4.90 Å². The summed E-state index contributed by atoms with van der Waals surface area (Å²) in [6.07, 6.45) is -0.606. The number of nitrogens with two attached hydrogens (primary N) is 1. The fourth-order valence-corrected chi connectivity index (χ4v) is 2.56. The van der Waals surface area contributed by atoms with Crippen LogP contribution >= 0.6 is 0 Å². The van der Waals surface area contributed by atoms with Crippen LogP contribution in [-0.2, 0) is 19.6 Å². The number of carbonyl (C=O) groups is 2. The SMILES string of the molecule is COC(C)C(=O)Nc1cccc(NC(=O)Nc2ccc(S(N)(=O)=O)cc2)c1. The highest BCUT2D eigenvalue weighted by Gasteiger charge is 2.12. The standard InChI is InChI=1S/C17H20N4O5S/c1-11(26-2)16(22)19-13-4-3-5-14(10-13)21-17(23)20-12-6-8-15(9-7-12)27(18,24)25/h3-11H,1-2H3,(H,19,22)(H2,18,24,25)(H2,20,21,23). The summed E-state index contributed by atoms with van der Waals surface area (Å²) in [5, 5.41) is 12.9. The number of primary sulfonamides is 1. The lowest BCUT2D eigenvalue weighted by atomic mass is 10.2. The van der Waals surface area contributed by atoms with Crippen LogP contribution in [-0.4, -0.2) is 33.6 Å². The maximum Gasteiger partial charge on any atom is 0.323 e. The zero-order valence-corrected chi connectivity index (χ0v) is 15.5. The lowest BCUT2D eigenvalue weighted by molar-refractivity contribution is -0.124. The molecular weight excluding hydrogens is 372 g/mol. The predicted molar refractivity (Wildman–Crippen MR) is 102 cm³/mol. The van der Waals surface area contributed by atoms with E-state index in [1.54, 1.807) is 31.2 Å². The van der Waals surface area contributed by atoms with Crippen molar-refractivity contribution in [3.63, 3.8) is 0 Å². The van der Waals surface area contributed by atoms with E-state index >= 15 is 0 Å². The van der Waals surface area contributed by atoms with Gasteiger partial charge in [-0.1, -0.05) is 6.07 Å². The summed E-state index contributed by atoms with van der Waals surface area (Å²) in [5.41, 5.74) is 1.34. The smallest absolute Gasteiger partial charge is 0.323 e. The molecule has 2 rings (SSSR count). The van der Waals surface area contributed by atoms with E-state index in [2.05, 4.69) is 16.0 Å². The summed E-state index contributed by atoms with van der Waals surface area (Å²) in [5.74, 6) is -0.311. The van der Waals surface area contributed by atoms with E-state index in [0.29, 0.717) is 17.1 Å². The lowest BCUT2D eigenvalue weighted by Crippen LogP contribution is -2.26. The van der Waals surface area contributed by atoms with Gasteiger partial charge in [-0.3, -0.25) is 4.79 Å². The molecule has 10 heteroatoms. The predicted octanol–water partition coefficient (Wildman–Crippen LogP) is 1.95. The Hall–Kier alpha value is -2.95. The molecule has 0 aliphatic heterocycles. The molecule has 0 bridgehead atoms. The summed E-state index contributed by atoms with van der Waals surface area (Å²) in [4.78, 5) is 23.9. The number of anilines is 3. The molecular formula is C17H20N4O5S. The quantitative estimate of drug-likeness (QED) is 0.595. The highest BCUT2D eigenvalue weighted by Crippen LogP contribution is 2.17. The highest BCUT2D eigenvalue weighted by atomic mass is 32.2. The number of sulfonamides is 1. The summed E-state index contributed by atoms with van der Waals surface area (Å²) in [6.45, 7) is 1.62. The van der Waals surface area contributed by atoms with Gasteiger partial charge in [-0.05, 0) is 49.4 Å². The maximum absolute atomic E-state index is 12.1. The van der Waals surface area contributed by atoms with E-state index in [0.717, 1.165) is 0 Å². The molecule has 0 saturated heterocycles. The third kappa shape index (κ3) is 6.06. The van der Waals surface area contributed by atoms with Crippen LogP contribution < -0.4 is 21.1 Å². The molecule has 0 fully saturated rings. The molecule has 0 saturated carbocycles. The van der Waals surface area contributed by atoms with Crippen molar-refractivity contribution in [2.24, 2.45) is 5.14 Å². The zero-order valence-electron chi connectivity index (χ0n) is 14.7. The molecule has 0 aliphatic carbocycles. The van der Waals surface area contributed by atoms with Crippen LogP contribution in [0, 0.1) is 0 Å². The Balaban J connectivity index is 1.99. The minimum atomic E-state index is -3.79. The Morgan fingerprint density at radius 2 is 1.52 bits per heavy atom. The van der Waals surface area contributed by atoms with E-state index in [1.165, 1.54) is 31.4 Å². The molecule has 5 N–H and O–H groups in total. The number of hydrogen-bond acceptors (Lipinski definition) is 5. The van der Waals surface area contributed by atoms with Gasteiger partial charge < -0.3 is 20.7 Å². The van der Waals surface area contributed by atoms with Gasteiger partial charge in [0.2, 0.25) is 10.0 Å². The number of hydrogen-bond donors (Lipinski definition) is 4. The second-order valence-corrected chi connectivity index (χ2v) is 7.16. The minimum absolute atomic E-state index is 0.0535. The molecule has 0 heterocycles. The third-order valence-electron chi connectivity index (χ3n) is 3.55. The maximum atomic E-state index is 12.1. The minimum Gasteiger partial charge on any atom is -0.372 e. The first-order valence-electron chi connectivity index (χ1n) is 7.83. The van der Waals surface area contributed by atoms with Gasteiger partial charge in [0, 0.05) is 24.2 Å². The molecule has 0 aromatic heterocycles. The third-order valence-corrected chi connectivity index (χ3v) is 4.48. The number of carbonyl (C=O) groups excluding carboxylic acids is 2. The zero-order chi connectivity index (χ0) is 20.0. The van der Waals surface area contributed by atoms with Gasteiger partial charge in [0.25, 0.3) is 5.91 Å².